The summed E-state index contributed by atoms with van der Waals surface area (Å²) >= 11 is 0. The summed E-state index contributed by atoms with van der Waals surface area (Å²) in [6, 6.07) is 5.43. The maximum atomic E-state index is 12.1. The predicted octanol–water partition coefficient (Wildman–Crippen LogP) is 0.837. The van der Waals surface area contributed by atoms with Gasteiger partial charge in [0.05, 0.1) is 12.2 Å². The Morgan fingerprint density at radius 2 is 2.20 bits per heavy atom. The molecule has 1 atom stereocenters. The van der Waals surface area contributed by atoms with Crippen molar-refractivity contribution in [2.45, 2.75) is 13.3 Å². The van der Waals surface area contributed by atoms with Gasteiger partial charge in [-0.2, -0.15) is 0 Å². The molecule has 0 fully saturated rings. The topological polar surface area (TPSA) is 66.4 Å². The van der Waals surface area contributed by atoms with Crippen LogP contribution in [0.2, 0.25) is 0 Å². The van der Waals surface area contributed by atoms with Gasteiger partial charge in [0.1, 0.15) is 0 Å². The van der Waals surface area contributed by atoms with E-state index in [0.717, 1.165) is 5.56 Å². The quantitative estimate of drug-likeness (QED) is 0.791. The van der Waals surface area contributed by atoms with Gasteiger partial charge in [0.2, 0.25) is 0 Å². The van der Waals surface area contributed by atoms with E-state index in [-0.39, 0.29) is 12.5 Å². The number of benzene rings is 1. The Hall–Kier alpha value is -1.64. The second-order valence-electron chi connectivity index (χ2n) is 4.36. The highest BCUT2D eigenvalue weighted by molar-refractivity contribution is 7.84. The minimum Gasteiger partial charge on any atom is -0.395 e. The molecule has 0 aliphatic carbocycles. The van der Waals surface area contributed by atoms with Crippen molar-refractivity contribution in [3.8, 4) is 11.8 Å². The first kappa shape index (κ1) is 16.4. The number of carbonyl (C=O) groups excluding carboxylic acids is 1. The van der Waals surface area contributed by atoms with Crippen LogP contribution in [0.5, 0.6) is 0 Å². The van der Waals surface area contributed by atoms with Crippen LogP contribution in [-0.4, -0.2) is 40.4 Å². The summed E-state index contributed by atoms with van der Waals surface area (Å²) in [7, 11) is -0.924. The average Bonchev–Trinajstić information content (AvgIpc) is 2.38. The van der Waals surface area contributed by atoms with Crippen LogP contribution >= 0.6 is 0 Å². The molecule has 1 aromatic carbocycles. The third-order valence-corrected chi connectivity index (χ3v) is 3.33. The molecule has 108 valence electrons. The Labute approximate surface area is 122 Å². The lowest BCUT2D eigenvalue weighted by Gasteiger charge is -2.07. The molecule has 0 saturated carbocycles. The lowest BCUT2D eigenvalue weighted by Crippen LogP contribution is -2.28. The van der Waals surface area contributed by atoms with E-state index in [2.05, 4.69) is 17.2 Å². The van der Waals surface area contributed by atoms with Crippen LogP contribution in [0.15, 0.2) is 18.2 Å². The first-order valence-electron chi connectivity index (χ1n) is 6.33. The molecule has 0 spiro atoms. The molecular weight excluding hydrogens is 274 g/mol. The zero-order valence-corrected chi connectivity index (χ0v) is 12.5. The van der Waals surface area contributed by atoms with Crippen molar-refractivity contribution in [1.82, 2.24) is 5.32 Å². The van der Waals surface area contributed by atoms with Crippen molar-refractivity contribution in [2.75, 3.05) is 25.2 Å². The normalized spacial score (nSPS) is 11.3. The molecule has 1 aromatic rings. The van der Waals surface area contributed by atoms with Crippen molar-refractivity contribution in [3.05, 3.63) is 34.9 Å². The number of rotatable bonds is 5. The minimum absolute atomic E-state index is 0.00264. The largest absolute Gasteiger partial charge is 0.395 e. The van der Waals surface area contributed by atoms with Crippen molar-refractivity contribution in [2.24, 2.45) is 0 Å². The second-order valence-corrected chi connectivity index (χ2v) is 5.91. The number of hydrogen-bond donors (Lipinski definition) is 2. The van der Waals surface area contributed by atoms with E-state index in [0.29, 0.717) is 29.8 Å². The van der Waals surface area contributed by atoms with Crippen LogP contribution in [0.1, 0.15) is 27.9 Å². The molecular formula is C15H19NO3S. The SMILES string of the molecule is Cc1ccc(C(=O)NCCS(C)=O)c(C#CCCO)c1. The number of aliphatic hydroxyl groups is 1. The first-order valence-corrected chi connectivity index (χ1v) is 8.06. The Morgan fingerprint density at radius 3 is 2.85 bits per heavy atom. The highest BCUT2D eigenvalue weighted by Gasteiger charge is 2.09. The number of aliphatic hydroxyl groups excluding tert-OH is 1. The van der Waals surface area contributed by atoms with E-state index in [1.165, 1.54) is 0 Å². The number of aryl methyl sites for hydroxylation is 1. The van der Waals surface area contributed by atoms with Gasteiger partial charge in [-0.1, -0.05) is 17.9 Å². The summed E-state index contributed by atoms with van der Waals surface area (Å²) in [6.45, 7) is 2.31. The fraction of sp³-hybridized carbons (Fsp3) is 0.400. The van der Waals surface area contributed by atoms with Crippen molar-refractivity contribution in [3.63, 3.8) is 0 Å². The number of amides is 1. The molecule has 0 saturated heterocycles. The molecule has 20 heavy (non-hydrogen) atoms. The molecule has 2 N–H and O–H groups in total. The van der Waals surface area contributed by atoms with Crippen LogP contribution in [-0.2, 0) is 10.8 Å². The molecule has 1 amide bonds. The lowest BCUT2D eigenvalue weighted by molar-refractivity contribution is 0.0956. The molecule has 0 aliphatic rings. The average molecular weight is 293 g/mol. The van der Waals surface area contributed by atoms with E-state index >= 15 is 0 Å². The van der Waals surface area contributed by atoms with Crippen LogP contribution in [0.25, 0.3) is 0 Å². The number of carbonyl (C=O) groups is 1. The Bertz CT molecular complexity index is 558. The fourth-order valence-corrected chi connectivity index (χ4v) is 1.97. The third-order valence-electron chi connectivity index (χ3n) is 2.55. The van der Waals surface area contributed by atoms with Gasteiger partial charge in [-0.3, -0.25) is 9.00 Å². The van der Waals surface area contributed by atoms with Gasteiger partial charge in [-0.05, 0) is 24.6 Å². The summed E-state index contributed by atoms with van der Waals surface area (Å²) in [4.78, 5) is 12.1. The fourth-order valence-electron chi connectivity index (χ4n) is 1.58. The van der Waals surface area contributed by atoms with Gasteiger partial charge >= 0.3 is 0 Å². The van der Waals surface area contributed by atoms with E-state index in [4.69, 9.17) is 5.11 Å². The summed E-state index contributed by atoms with van der Waals surface area (Å²) < 4.78 is 11.0. The van der Waals surface area contributed by atoms with Gasteiger partial charge in [-0.15, -0.1) is 0 Å². The first-order chi connectivity index (χ1) is 9.54. The van der Waals surface area contributed by atoms with Crippen molar-refractivity contribution < 1.29 is 14.1 Å². The Kier molecular flexibility index (Phi) is 6.99. The van der Waals surface area contributed by atoms with Crippen LogP contribution in [0.4, 0.5) is 0 Å². The lowest BCUT2D eigenvalue weighted by atomic mass is 10.0. The van der Waals surface area contributed by atoms with Crippen LogP contribution in [0, 0.1) is 18.8 Å². The maximum Gasteiger partial charge on any atom is 0.252 e. The Morgan fingerprint density at radius 1 is 1.45 bits per heavy atom. The van der Waals surface area contributed by atoms with Gasteiger partial charge < -0.3 is 10.4 Å². The summed E-state index contributed by atoms with van der Waals surface area (Å²) in [5.41, 5.74) is 2.17. The summed E-state index contributed by atoms with van der Waals surface area (Å²) in [5, 5.41) is 11.5. The van der Waals surface area contributed by atoms with Crippen LogP contribution in [0.3, 0.4) is 0 Å². The van der Waals surface area contributed by atoms with Gasteiger partial charge in [-0.25, -0.2) is 0 Å². The zero-order valence-electron chi connectivity index (χ0n) is 11.7. The minimum atomic E-state index is -0.924. The summed E-state index contributed by atoms with van der Waals surface area (Å²) in [6.07, 6.45) is 1.98. The van der Waals surface area contributed by atoms with E-state index in [1.54, 1.807) is 12.3 Å². The summed E-state index contributed by atoms with van der Waals surface area (Å²) in [5.74, 6) is 5.94. The Balaban J connectivity index is 2.85. The highest BCUT2D eigenvalue weighted by atomic mass is 32.2. The monoisotopic (exact) mass is 293 g/mol. The van der Waals surface area contributed by atoms with Gasteiger partial charge in [0, 0.05) is 41.3 Å². The van der Waals surface area contributed by atoms with E-state index in [9.17, 15) is 9.00 Å². The molecule has 4 nitrogen and oxygen atoms in total. The zero-order chi connectivity index (χ0) is 15.0. The van der Waals surface area contributed by atoms with Crippen molar-refractivity contribution >= 4 is 16.7 Å². The molecule has 0 radical (unpaired) electrons. The second kappa shape index (κ2) is 8.51. The van der Waals surface area contributed by atoms with E-state index in [1.807, 2.05) is 19.1 Å². The van der Waals surface area contributed by atoms with Gasteiger partial charge in [0.15, 0.2) is 0 Å². The van der Waals surface area contributed by atoms with Gasteiger partial charge in [0.25, 0.3) is 5.91 Å². The highest BCUT2D eigenvalue weighted by Crippen LogP contribution is 2.10. The maximum absolute atomic E-state index is 12.1. The standard InChI is InChI=1S/C15H19NO3S/c1-12-6-7-14(13(11-12)5-3-4-9-17)15(18)16-8-10-20(2)19/h6-7,11,17H,4,8-10H2,1-2H3,(H,16,18). The number of hydrogen-bond acceptors (Lipinski definition) is 3. The number of nitrogens with one attached hydrogen (secondary N) is 1. The van der Waals surface area contributed by atoms with Crippen LogP contribution < -0.4 is 5.32 Å². The molecule has 1 rings (SSSR count). The molecule has 0 aliphatic heterocycles. The predicted molar refractivity (Wildman–Crippen MR) is 81.0 cm³/mol. The third kappa shape index (κ3) is 5.55. The molecule has 5 heteroatoms. The molecule has 0 heterocycles. The molecule has 1 unspecified atom stereocenters. The van der Waals surface area contributed by atoms with Crippen molar-refractivity contribution in [1.29, 1.82) is 0 Å². The molecule has 0 aromatic heterocycles. The molecule has 0 bridgehead atoms. The smallest absolute Gasteiger partial charge is 0.252 e. The van der Waals surface area contributed by atoms with E-state index < -0.39 is 10.8 Å².